The summed E-state index contributed by atoms with van der Waals surface area (Å²) in [6.45, 7) is 30.1. The zero-order valence-electron chi connectivity index (χ0n) is 21.1. The molecule has 0 aliphatic rings. The van der Waals surface area contributed by atoms with Crippen molar-refractivity contribution in [3.05, 3.63) is 115 Å². The number of rotatable bonds is 9. The van der Waals surface area contributed by atoms with E-state index in [4.69, 9.17) is 10.5 Å². The summed E-state index contributed by atoms with van der Waals surface area (Å²) in [4.78, 5) is 12.6. The van der Waals surface area contributed by atoms with Crippen LogP contribution in [-0.2, 0) is 16.1 Å². The Balaban J connectivity index is 2.23. The number of hydrogen-bond donors (Lipinski definition) is 1. The summed E-state index contributed by atoms with van der Waals surface area (Å²) in [6, 6.07) is 6.12. The van der Waals surface area contributed by atoms with Gasteiger partial charge >= 0.3 is 5.97 Å². The Morgan fingerprint density at radius 3 is 2.32 bits per heavy atom. The Bertz CT molecular complexity index is 1260. The monoisotopic (exact) mass is 456 g/mol. The van der Waals surface area contributed by atoms with Gasteiger partial charge in [-0.15, -0.1) is 0 Å². The number of esters is 1. The van der Waals surface area contributed by atoms with Crippen molar-refractivity contribution in [3.63, 3.8) is 0 Å². The third kappa shape index (κ3) is 6.16. The quantitative estimate of drug-likeness (QED) is 0.255. The van der Waals surface area contributed by atoms with E-state index in [-0.39, 0.29) is 0 Å². The van der Waals surface area contributed by atoms with E-state index in [1.807, 2.05) is 39.0 Å². The van der Waals surface area contributed by atoms with Gasteiger partial charge in [0.15, 0.2) is 0 Å². The van der Waals surface area contributed by atoms with Crippen LogP contribution in [-0.4, -0.2) is 16.1 Å². The van der Waals surface area contributed by atoms with Crippen LogP contribution in [0.4, 0.5) is 0 Å². The van der Waals surface area contributed by atoms with Gasteiger partial charge in [-0.25, -0.2) is 4.79 Å². The molecule has 0 radical (unpaired) electrons. The molecule has 0 bridgehead atoms. The van der Waals surface area contributed by atoms with Crippen molar-refractivity contribution >= 4 is 22.6 Å². The summed E-state index contributed by atoms with van der Waals surface area (Å²) in [6.07, 6.45) is 6.84. The maximum atomic E-state index is 12.6. The topological polar surface area (TPSA) is 57.2 Å². The van der Waals surface area contributed by atoms with E-state index in [1.165, 1.54) is 11.6 Å². The van der Waals surface area contributed by atoms with Crippen molar-refractivity contribution in [3.8, 4) is 0 Å². The summed E-state index contributed by atoms with van der Waals surface area (Å²) in [5, 5.41) is 1.15. The number of fused-ring (bicyclic) bond motifs is 1. The van der Waals surface area contributed by atoms with Gasteiger partial charge in [-0.1, -0.05) is 57.2 Å². The lowest BCUT2D eigenvalue weighted by Crippen LogP contribution is -2.25. The lowest BCUT2D eigenvalue weighted by atomic mass is 9.99. The van der Waals surface area contributed by atoms with Crippen LogP contribution in [0.25, 0.3) is 16.6 Å². The molecule has 1 aromatic heterocycles. The summed E-state index contributed by atoms with van der Waals surface area (Å²) in [5.41, 5.74) is 12.5. The van der Waals surface area contributed by atoms with E-state index in [1.54, 1.807) is 6.08 Å². The second-order valence-electron chi connectivity index (χ2n) is 9.37. The number of hydrogen-bond acceptors (Lipinski definition) is 3. The minimum absolute atomic E-state index is 0.324. The lowest BCUT2D eigenvalue weighted by molar-refractivity contribution is -0.149. The van der Waals surface area contributed by atoms with Gasteiger partial charge in [0.05, 0.1) is 5.57 Å². The molecule has 0 aliphatic heterocycles. The van der Waals surface area contributed by atoms with Gasteiger partial charge in [0.2, 0.25) is 0 Å². The molecule has 0 saturated heterocycles. The molecule has 0 atom stereocenters. The number of ether oxygens (including phenoxy) is 1. The second kappa shape index (κ2) is 10.4. The molecule has 1 aromatic carbocycles. The number of carbonyl (C=O) groups is 1. The summed E-state index contributed by atoms with van der Waals surface area (Å²) >= 11 is 0. The van der Waals surface area contributed by atoms with Crippen LogP contribution in [0.5, 0.6) is 0 Å². The average molecular weight is 457 g/mol. The molecule has 0 aliphatic carbocycles. The summed E-state index contributed by atoms with van der Waals surface area (Å²) in [7, 11) is 0. The zero-order valence-corrected chi connectivity index (χ0v) is 21.1. The molecule has 4 heteroatoms. The standard InChI is InChI=1S/C30H36N2O2/c1-11-12-26(29(33)34-30(8,9)10)21(4)20(3)14-13-19(2)18-32-24(7)22(5)27-17-25(23(6)31)15-16-28(27)32/h11-17H,1-4,6,18,31H2,5,7-10H3/b14-13-,26-12+. The van der Waals surface area contributed by atoms with Gasteiger partial charge in [0.25, 0.3) is 0 Å². The predicted octanol–water partition coefficient (Wildman–Crippen LogP) is 6.87. The molecule has 1 heterocycles. The number of nitrogens with two attached hydrogens (primary N) is 1. The highest BCUT2D eigenvalue weighted by Gasteiger charge is 2.22. The molecule has 0 fully saturated rings. The molecule has 0 saturated carbocycles. The third-order valence-corrected chi connectivity index (χ3v) is 5.51. The highest BCUT2D eigenvalue weighted by Crippen LogP contribution is 2.28. The molecule has 0 spiro atoms. The van der Waals surface area contributed by atoms with Crippen molar-refractivity contribution in [2.24, 2.45) is 5.73 Å². The number of benzene rings is 1. The first-order valence-corrected chi connectivity index (χ1v) is 11.1. The van der Waals surface area contributed by atoms with Gasteiger partial charge in [-0.3, -0.25) is 0 Å². The predicted molar refractivity (Wildman–Crippen MR) is 145 cm³/mol. The van der Waals surface area contributed by atoms with E-state index in [9.17, 15) is 4.79 Å². The first-order valence-electron chi connectivity index (χ1n) is 11.1. The maximum Gasteiger partial charge on any atom is 0.339 e. The van der Waals surface area contributed by atoms with Crippen molar-refractivity contribution < 1.29 is 9.53 Å². The number of nitrogens with zero attached hydrogens (tertiary/aromatic N) is 1. The van der Waals surface area contributed by atoms with Gasteiger partial charge in [-0.2, -0.15) is 0 Å². The van der Waals surface area contributed by atoms with Gasteiger partial charge in [0, 0.05) is 28.8 Å². The zero-order chi connectivity index (χ0) is 25.8. The minimum atomic E-state index is -0.614. The van der Waals surface area contributed by atoms with Crippen LogP contribution in [0.2, 0.25) is 0 Å². The second-order valence-corrected chi connectivity index (χ2v) is 9.37. The Hall–Kier alpha value is -3.79. The maximum absolute atomic E-state index is 12.6. The molecule has 178 valence electrons. The molecule has 0 amide bonds. The summed E-state index contributed by atoms with van der Waals surface area (Å²) < 4.78 is 7.72. The Morgan fingerprint density at radius 2 is 1.76 bits per heavy atom. The third-order valence-electron chi connectivity index (χ3n) is 5.51. The fraction of sp³-hybridized carbons (Fsp3) is 0.233. The molecule has 2 rings (SSSR count). The smallest absolute Gasteiger partial charge is 0.339 e. The largest absolute Gasteiger partial charge is 0.456 e. The Labute approximate surface area is 203 Å². The molecule has 2 N–H and O–H groups in total. The van der Waals surface area contributed by atoms with Crippen LogP contribution < -0.4 is 5.73 Å². The number of allylic oxidation sites excluding steroid dienone is 6. The van der Waals surface area contributed by atoms with Crippen LogP contribution >= 0.6 is 0 Å². The number of carbonyl (C=O) groups excluding carboxylic acids is 1. The molecule has 34 heavy (non-hydrogen) atoms. The lowest BCUT2D eigenvalue weighted by Gasteiger charge is -2.21. The van der Waals surface area contributed by atoms with E-state index < -0.39 is 11.6 Å². The average Bonchev–Trinajstić information content (AvgIpc) is 2.98. The molecular weight excluding hydrogens is 420 g/mol. The molecule has 2 aromatic rings. The van der Waals surface area contributed by atoms with Crippen LogP contribution in [0.3, 0.4) is 0 Å². The minimum Gasteiger partial charge on any atom is -0.456 e. The van der Waals surface area contributed by atoms with Gasteiger partial charge < -0.3 is 15.0 Å². The van der Waals surface area contributed by atoms with Crippen molar-refractivity contribution in [1.82, 2.24) is 4.57 Å². The fourth-order valence-electron chi connectivity index (χ4n) is 3.54. The normalized spacial score (nSPS) is 12.1. The summed E-state index contributed by atoms with van der Waals surface area (Å²) in [5.74, 6) is -0.463. The van der Waals surface area contributed by atoms with E-state index >= 15 is 0 Å². The molecule has 4 nitrogen and oxygen atoms in total. The van der Waals surface area contributed by atoms with E-state index in [0.29, 0.717) is 29.0 Å². The van der Waals surface area contributed by atoms with Crippen molar-refractivity contribution in [1.29, 1.82) is 0 Å². The van der Waals surface area contributed by atoms with Gasteiger partial charge in [0.1, 0.15) is 5.60 Å². The highest BCUT2D eigenvalue weighted by atomic mass is 16.6. The van der Waals surface area contributed by atoms with Crippen LogP contribution in [0.15, 0.2) is 97.7 Å². The number of aromatic nitrogens is 1. The molecule has 0 unspecified atom stereocenters. The van der Waals surface area contributed by atoms with Crippen molar-refractivity contribution in [2.75, 3.05) is 0 Å². The van der Waals surface area contributed by atoms with E-state index in [2.05, 4.69) is 63.4 Å². The fourth-order valence-corrected chi connectivity index (χ4v) is 3.54. The SMILES string of the molecule is C=C/C=C(\C(=C)C(=C)/C=C\C(=C)Cn1c(C)c(C)c2cc(C(=C)N)ccc21)C(=O)OC(C)(C)C. The van der Waals surface area contributed by atoms with E-state index in [0.717, 1.165) is 27.7 Å². The van der Waals surface area contributed by atoms with Crippen LogP contribution in [0.1, 0.15) is 37.6 Å². The Kier molecular flexibility index (Phi) is 8.12. The first-order chi connectivity index (χ1) is 15.8. The number of aryl methyl sites for hydroxylation is 1. The van der Waals surface area contributed by atoms with Gasteiger partial charge in [-0.05, 0) is 80.7 Å². The molecular formula is C30H36N2O2. The highest BCUT2D eigenvalue weighted by molar-refractivity contribution is 5.95. The first kappa shape index (κ1) is 26.5. The van der Waals surface area contributed by atoms with Crippen molar-refractivity contribution in [2.45, 2.75) is 46.8 Å². The van der Waals surface area contributed by atoms with Crippen LogP contribution in [0, 0.1) is 13.8 Å². The Morgan fingerprint density at radius 1 is 1.12 bits per heavy atom.